The van der Waals surface area contributed by atoms with Gasteiger partial charge in [-0.2, -0.15) is 5.10 Å². The van der Waals surface area contributed by atoms with Crippen molar-refractivity contribution in [3.63, 3.8) is 0 Å². The number of phenolic OH excluding ortho intramolecular Hbond substituents is 1. The predicted molar refractivity (Wildman–Crippen MR) is 124 cm³/mol. The number of rotatable bonds is 17. The molecule has 0 radical (unpaired) electrons. The van der Waals surface area contributed by atoms with Crippen molar-refractivity contribution in [2.24, 2.45) is 5.10 Å². The summed E-state index contributed by atoms with van der Waals surface area (Å²) in [6.07, 6.45) is 15.4. The van der Waals surface area contributed by atoms with Gasteiger partial charge in [-0.25, -0.2) is 5.43 Å². The van der Waals surface area contributed by atoms with E-state index in [-0.39, 0.29) is 18.2 Å². The minimum atomic E-state index is -0.425. The molecule has 1 aromatic carbocycles. The highest BCUT2D eigenvalue weighted by molar-refractivity contribution is 5.88. The molecule has 7 heteroatoms. The Kier molecular flexibility index (Phi) is 14.6. The number of amides is 2. The third-order valence-electron chi connectivity index (χ3n) is 5.10. The van der Waals surface area contributed by atoms with Crippen molar-refractivity contribution in [3.05, 3.63) is 23.8 Å². The van der Waals surface area contributed by atoms with E-state index in [9.17, 15) is 14.7 Å². The van der Waals surface area contributed by atoms with Gasteiger partial charge in [-0.15, -0.1) is 0 Å². The number of carbonyl (C=O) groups is 2. The van der Waals surface area contributed by atoms with Crippen molar-refractivity contribution < 1.29 is 19.4 Å². The summed E-state index contributed by atoms with van der Waals surface area (Å²) in [4.78, 5) is 23.6. The molecule has 1 rings (SSSR count). The van der Waals surface area contributed by atoms with Crippen molar-refractivity contribution in [2.45, 2.75) is 84.0 Å². The second-order valence-electron chi connectivity index (χ2n) is 7.75. The van der Waals surface area contributed by atoms with Gasteiger partial charge in [0.2, 0.25) is 5.91 Å². The van der Waals surface area contributed by atoms with Crippen LogP contribution in [0, 0.1) is 0 Å². The number of hydrazone groups is 1. The molecule has 0 spiro atoms. The molecule has 0 atom stereocenters. The van der Waals surface area contributed by atoms with Crippen LogP contribution in [0.25, 0.3) is 0 Å². The van der Waals surface area contributed by atoms with E-state index >= 15 is 0 Å². The summed E-state index contributed by atoms with van der Waals surface area (Å²) in [6.45, 7) is 2.11. The van der Waals surface area contributed by atoms with E-state index in [1.54, 1.807) is 18.2 Å². The maximum atomic E-state index is 11.8. The number of phenols is 1. The SMILES string of the molecule is CCCCCCCCCCCCCC(=O)NCC(=O)NN=Cc1cccc(OC)c1O. The summed E-state index contributed by atoms with van der Waals surface area (Å²) in [6, 6.07) is 4.97. The van der Waals surface area contributed by atoms with E-state index in [0.717, 1.165) is 19.3 Å². The number of nitrogens with zero attached hydrogens (tertiary/aromatic N) is 1. The van der Waals surface area contributed by atoms with Gasteiger partial charge in [0.15, 0.2) is 11.5 Å². The molecule has 2 amide bonds. The lowest BCUT2D eigenvalue weighted by Gasteiger charge is -2.06. The van der Waals surface area contributed by atoms with E-state index < -0.39 is 5.91 Å². The lowest BCUT2D eigenvalue weighted by atomic mass is 10.1. The average Bonchev–Trinajstić information content (AvgIpc) is 2.77. The first-order valence-electron chi connectivity index (χ1n) is 11.5. The molecule has 0 saturated carbocycles. The van der Waals surface area contributed by atoms with Crippen LogP contribution in [0.2, 0.25) is 0 Å². The van der Waals surface area contributed by atoms with Crippen molar-refractivity contribution in [1.82, 2.24) is 10.7 Å². The van der Waals surface area contributed by atoms with E-state index in [2.05, 4.69) is 22.8 Å². The molecule has 0 unspecified atom stereocenters. The summed E-state index contributed by atoms with van der Waals surface area (Å²) in [5, 5.41) is 16.3. The van der Waals surface area contributed by atoms with Gasteiger partial charge in [0.1, 0.15) is 0 Å². The zero-order chi connectivity index (χ0) is 22.7. The van der Waals surface area contributed by atoms with Gasteiger partial charge in [0.25, 0.3) is 5.91 Å². The number of hydrogen-bond donors (Lipinski definition) is 3. The van der Waals surface area contributed by atoms with Crippen LogP contribution >= 0.6 is 0 Å². The Morgan fingerprint density at radius 2 is 1.58 bits per heavy atom. The fraction of sp³-hybridized carbons (Fsp3) is 0.625. The molecule has 0 fully saturated rings. The number of ether oxygens (including phenoxy) is 1. The van der Waals surface area contributed by atoms with Crippen LogP contribution in [0.1, 0.15) is 89.5 Å². The highest BCUT2D eigenvalue weighted by Crippen LogP contribution is 2.27. The monoisotopic (exact) mass is 433 g/mol. The summed E-state index contributed by atoms with van der Waals surface area (Å²) in [5.41, 5.74) is 2.74. The van der Waals surface area contributed by atoms with Crippen LogP contribution in [0.15, 0.2) is 23.3 Å². The lowest BCUT2D eigenvalue weighted by Crippen LogP contribution is -2.34. The Morgan fingerprint density at radius 1 is 0.968 bits per heavy atom. The highest BCUT2D eigenvalue weighted by atomic mass is 16.5. The van der Waals surface area contributed by atoms with Gasteiger partial charge in [0.05, 0.1) is 19.9 Å². The smallest absolute Gasteiger partial charge is 0.259 e. The van der Waals surface area contributed by atoms with Crippen molar-refractivity contribution in [3.8, 4) is 11.5 Å². The zero-order valence-electron chi connectivity index (χ0n) is 19.1. The first-order chi connectivity index (χ1) is 15.1. The maximum Gasteiger partial charge on any atom is 0.259 e. The molecule has 0 aliphatic heterocycles. The first kappa shape index (κ1) is 26.5. The third-order valence-corrected chi connectivity index (χ3v) is 5.10. The molecule has 0 aliphatic carbocycles. The predicted octanol–water partition coefficient (Wildman–Crippen LogP) is 4.67. The van der Waals surface area contributed by atoms with Crippen LogP contribution in [0.5, 0.6) is 11.5 Å². The number of carbonyl (C=O) groups excluding carboxylic acids is 2. The van der Waals surface area contributed by atoms with Gasteiger partial charge >= 0.3 is 0 Å². The Hall–Kier alpha value is -2.57. The van der Waals surface area contributed by atoms with Gasteiger partial charge < -0.3 is 15.2 Å². The quantitative estimate of drug-likeness (QED) is 0.189. The van der Waals surface area contributed by atoms with Crippen LogP contribution in [0.3, 0.4) is 0 Å². The standard InChI is InChI=1S/C24H39N3O4/c1-3-4-5-6-7-8-9-10-11-12-13-17-22(28)25-19-23(29)27-26-18-20-15-14-16-21(31-2)24(20)30/h14-16,18,30H,3-13,17,19H2,1-2H3,(H,25,28)(H,27,29). The topological polar surface area (TPSA) is 100 Å². The third kappa shape index (κ3) is 12.7. The van der Waals surface area contributed by atoms with Crippen LogP contribution in [0.4, 0.5) is 0 Å². The minimum absolute atomic E-state index is 0.0525. The Morgan fingerprint density at radius 3 is 2.19 bits per heavy atom. The molecule has 0 heterocycles. The first-order valence-corrected chi connectivity index (χ1v) is 11.5. The number of hydrogen-bond acceptors (Lipinski definition) is 5. The van der Waals surface area contributed by atoms with Gasteiger partial charge in [0, 0.05) is 12.0 Å². The fourth-order valence-corrected chi connectivity index (χ4v) is 3.24. The molecular weight excluding hydrogens is 394 g/mol. The van der Waals surface area contributed by atoms with E-state index in [1.165, 1.54) is 64.7 Å². The number of benzene rings is 1. The molecule has 0 aromatic heterocycles. The average molecular weight is 434 g/mol. The Labute approximate surface area is 186 Å². The number of unbranched alkanes of at least 4 members (excludes halogenated alkanes) is 10. The number of nitrogens with one attached hydrogen (secondary N) is 2. The zero-order valence-corrected chi connectivity index (χ0v) is 19.1. The second-order valence-corrected chi connectivity index (χ2v) is 7.75. The van der Waals surface area contributed by atoms with Crippen LogP contribution in [-0.2, 0) is 9.59 Å². The lowest BCUT2D eigenvalue weighted by molar-refractivity contribution is -0.126. The van der Waals surface area contributed by atoms with Gasteiger partial charge in [-0.05, 0) is 18.6 Å². The number of aromatic hydroxyl groups is 1. The van der Waals surface area contributed by atoms with Crippen molar-refractivity contribution >= 4 is 18.0 Å². The summed E-state index contributed by atoms with van der Waals surface area (Å²) in [7, 11) is 1.46. The molecule has 31 heavy (non-hydrogen) atoms. The highest BCUT2D eigenvalue weighted by Gasteiger charge is 2.06. The summed E-state index contributed by atoms with van der Waals surface area (Å²) < 4.78 is 5.01. The largest absolute Gasteiger partial charge is 0.504 e. The van der Waals surface area contributed by atoms with E-state index in [1.807, 2.05) is 0 Å². The fourth-order valence-electron chi connectivity index (χ4n) is 3.24. The molecule has 0 aliphatic rings. The van der Waals surface area contributed by atoms with Gasteiger partial charge in [-0.1, -0.05) is 77.2 Å². The van der Waals surface area contributed by atoms with Crippen LogP contribution < -0.4 is 15.5 Å². The van der Waals surface area contributed by atoms with E-state index in [4.69, 9.17) is 4.74 Å². The Bertz CT molecular complexity index is 677. The van der Waals surface area contributed by atoms with Gasteiger partial charge in [-0.3, -0.25) is 9.59 Å². The molecule has 174 valence electrons. The van der Waals surface area contributed by atoms with Crippen molar-refractivity contribution in [2.75, 3.05) is 13.7 Å². The molecule has 0 bridgehead atoms. The molecule has 0 saturated heterocycles. The molecule has 1 aromatic rings. The number of methoxy groups -OCH3 is 1. The minimum Gasteiger partial charge on any atom is -0.504 e. The number of para-hydroxylation sites is 1. The Balaban J connectivity index is 2.05. The summed E-state index contributed by atoms with van der Waals surface area (Å²) in [5.74, 6) is -0.278. The maximum absolute atomic E-state index is 11.8. The second kappa shape index (κ2) is 17.1. The van der Waals surface area contributed by atoms with Crippen LogP contribution in [-0.4, -0.2) is 36.8 Å². The van der Waals surface area contributed by atoms with E-state index in [0.29, 0.717) is 17.7 Å². The molecule has 7 nitrogen and oxygen atoms in total. The molecular formula is C24H39N3O4. The van der Waals surface area contributed by atoms with Crippen molar-refractivity contribution in [1.29, 1.82) is 0 Å². The molecule has 3 N–H and O–H groups in total. The summed E-state index contributed by atoms with van der Waals surface area (Å²) >= 11 is 0. The normalized spacial score (nSPS) is 10.9.